The van der Waals surface area contributed by atoms with Gasteiger partial charge >= 0.3 is 0 Å². The molecule has 0 amide bonds. The second-order valence-electron chi connectivity index (χ2n) is 4.00. The van der Waals surface area contributed by atoms with E-state index in [1.807, 2.05) is 0 Å². The van der Waals surface area contributed by atoms with Crippen molar-refractivity contribution in [2.45, 2.75) is 25.2 Å². The van der Waals surface area contributed by atoms with E-state index in [-0.39, 0.29) is 0 Å². The molecule has 2 rings (SSSR count). The molecule has 0 N–H and O–H groups in total. The van der Waals surface area contributed by atoms with Crippen molar-refractivity contribution in [1.82, 2.24) is 0 Å². The predicted molar refractivity (Wildman–Crippen MR) is 68.0 cm³/mol. The predicted octanol–water partition coefficient (Wildman–Crippen LogP) is 4.73. The minimum atomic E-state index is 0.719. The highest BCUT2D eigenvalue weighted by Gasteiger charge is 2.27. The van der Waals surface area contributed by atoms with Gasteiger partial charge < -0.3 is 0 Å². The number of hydrogen-bond acceptors (Lipinski definition) is 0. The standard InChI is InChI=1S/C12H14Br2/c13-8-12(9-2-1-3-9)10-4-6-11(14)7-5-10/h4-7,9,12H,1-3,8H2. The Hall–Kier alpha value is 0.180. The van der Waals surface area contributed by atoms with Gasteiger partial charge in [0.1, 0.15) is 0 Å². The maximum Gasteiger partial charge on any atom is 0.0175 e. The van der Waals surface area contributed by atoms with Gasteiger partial charge in [-0.25, -0.2) is 0 Å². The second-order valence-corrected chi connectivity index (χ2v) is 5.57. The van der Waals surface area contributed by atoms with Crippen LogP contribution in [-0.2, 0) is 0 Å². The Balaban J connectivity index is 2.14. The Kier molecular flexibility index (Phi) is 3.67. The average molecular weight is 318 g/mol. The van der Waals surface area contributed by atoms with Gasteiger partial charge in [0.15, 0.2) is 0 Å². The molecular weight excluding hydrogens is 304 g/mol. The molecule has 76 valence electrons. The molecule has 0 aromatic heterocycles. The zero-order valence-corrected chi connectivity index (χ0v) is 11.2. The summed E-state index contributed by atoms with van der Waals surface area (Å²) in [7, 11) is 0. The van der Waals surface area contributed by atoms with E-state index in [1.165, 1.54) is 29.3 Å². The molecule has 0 saturated heterocycles. The van der Waals surface area contributed by atoms with Crippen LogP contribution in [0.25, 0.3) is 0 Å². The lowest BCUT2D eigenvalue weighted by molar-refractivity contribution is 0.275. The van der Waals surface area contributed by atoms with E-state index in [2.05, 4.69) is 56.1 Å². The van der Waals surface area contributed by atoms with Crippen LogP contribution in [0.3, 0.4) is 0 Å². The molecule has 0 spiro atoms. The third-order valence-electron chi connectivity index (χ3n) is 3.18. The van der Waals surface area contributed by atoms with Crippen LogP contribution in [0.1, 0.15) is 30.7 Å². The van der Waals surface area contributed by atoms with Gasteiger partial charge in [-0.15, -0.1) is 0 Å². The van der Waals surface area contributed by atoms with Gasteiger partial charge in [0.05, 0.1) is 0 Å². The zero-order chi connectivity index (χ0) is 9.97. The molecule has 1 aliphatic rings. The smallest absolute Gasteiger partial charge is 0.0175 e. The van der Waals surface area contributed by atoms with Gasteiger partial charge in [-0.1, -0.05) is 50.4 Å². The number of rotatable bonds is 3. The van der Waals surface area contributed by atoms with E-state index >= 15 is 0 Å². The van der Waals surface area contributed by atoms with Crippen LogP contribution in [0.15, 0.2) is 28.7 Å². The summed E-state index contributed by atoms with van der Waals surface area (Å²) < 4.78 is 1.17. The summed E-state index contributed by atoms with van der Waals surface area (Å²) in [6.07, 6.45) is 4.24. The molecule has 1 unspecified atom stereocenters. The van der Waals surface area contributed by atoms with E-state index in [9.17, 15) is 0 Å². The SMILES string of the molecule is BrCC(c1ccc(Br)cc1)C1CCC1. The normalized spacial score (nSPS) is 19.0. The quantitative estimate of drug-likeness (QED) is 0.707. The average Bonchev–Trinajstić information content (AvgIpc) is 2.13. The van der Waals surface area contributed by atoms with E-state index in [0.29, 0.717) is 0 Å². The Morgan fingerprint density at radius 3 is 2.29 bits per heavy atom. The summed E-state index contributed by atoms with van der Waals surface area (Å²) in [4.78, 5) is 0. The van der Waals surface area contributed by atoms with Crippen LogP contribution < -0.4 is 0 Å². The maximum absolute atomic E-state index is 3.63. The van der Waals surface area contributed by atoms with Crippen molar-refractivity contribution < 1.29 is 0 Å². The van der Waals surface area contributed by atoms with Crippen LogP contribution in [0.2, 0.25) is 0 Å². The summed E-state index contributed by atoms with van der Waals surface area (Å²) in [5.74, 6) is 1.63. The summed E-state index contributed by atoms with van der Waals surface area (Å²) in [6.45, 7) is 0. The maximum atomic E-state index is 3.63. The fourth-order valence-electron chi connectivity index (χ4n) is 2.04. The lowest BCUT2D eigenvalue weighted by atomic mass is 9.74. The first-order valence-electron chi connectivity index (χ1n) is 5.12. The molecule has 0 aliphatic heterocycles. The number of halogens is 2. The molecule has 1 aromatic rings. The Morgan fingerprint density at radius 1 is 1.21 bits per heavy atom. The second kappa shape index (κ2) is 4.80. The van der Waals surface area contributed by atoms with E-state index in [1.54, 1.807) is 0 Å². The lowest BCUT2D eigenvalue weighted by Crippen LogP contribution is -2.21. The first-order chi connectivity index (χ1) is 6.81. The molecule has 1 saturated carbocycles. The molecule has 1 fully saturated rings. The minimum Gasteiger partial charge on any atom is -0.0921 e. The van der Waals surface area contributed by atoms with Crippen molar-refractivity contribution in [1.29, 1.82) is 0 Å². The third kappa shape index (κ3) is 2.22. The molecule has 0 nitrogen and oxygen atoms in total. The van der Waals surface area contributed by atoms with Crippen LogP contribution in [-0.4, -0.2) is 5.33 Å². The van der Waals surface area contributed by atoms with Gasteiger partial charge in [-0.2, -0.15) is 0 Å². The van der Waals surface area contributed by atoms with Gasteiger partial charge in [-0.3, -0.25) is 0 Å². The number of hydrogen-bond donors (Lipinski definition) is 0. The van der Waals surface area contributed by atoms with Gasteiger partial charge in [0, 0.05) is 9.80 Å². The summed E-state index contributed by atoms with van der Waals surface area (Å²) in [6, 6.07) is 8.77. The number of benzene rings is 1. The molecular formula is C12H14Br2. The minimum absolute atomic E-state index is 0.719. The highest BCUT2D eigenvalue weighted by molar-refractivity contribution is 9.10. The fourth-order valence-corrected chi connectivity index (χ4v) is 3.21. The molecule has 1 aromatic carbocycles. The van der Waals surface area contributed by atoms with Crippen molar-refractivity contribution in [2.75, 3.05) is 5.33 Å². The van der Waals surface area contributed by atoms with E-state index in [4.69, 9.17) is 0 Å². The highest BCUT2D eigenvalue weighted by atomic mass is 79.9. The number of alkyl halides is 1. The van der Waals surface area contributed by atoms with Crippen LogP contribution in [0.4, 0.5) is 0 Å². The molecule has 0 bridgehead atoms. The fraction of sp³-hybridized carbons (Fsp3) is 0.500. The molecule has 0 heterocycles. The molecule has 2 heteroatoms. The van der Waals surface area contributed by atoms with Crippen molar-refractivity contribution >= 4 is 31.9 Å². The van der Waals surface area contributed by atoms with E-state index < -0.39 is 0 Å². The molecule has 0 radical (unpaired) electrons. The van der Waals surface area contributed by atoms with E-state index in [0.717, 1.165) is 17.2 Å². The van der Waals surface area contributed by atoms with Crippen molar-refractivity contribution in [3.05, 3.63) is 34.3 Å². The van der Waals surface area contributed by atoms with Crippen molar-refractivity contribution in [3.8, 4) is 0 Å². The van der Waals surface area contributed by atoms with Gasteiger partial charge in [-0.05, 0) is 42.4 Å². The molecule has 14 heavy (non-hydrogen) atoms. The van der Waals surface area contributed by atoms with Crippen LogP contribution in [0, 0.1) is 5.92 Å². The van der Waals surface area contributed by atoms with Crippen LogP contribution in [0.5, 0.6) is 0 Å². The first kappa shape index (κ1) is 10.7. The largest absolute Gasteiger partial charge is 0.0921 e. The van der Waals surface area contributed by atoms with Crippen molar-refractivity contribution in [2.24, 2.45) is 5.92 Å². The Morgan fingerprint density at radius 2 is 1.86 bits per heavy atom. The van der Waals surface area contributed by atoms with Gasteiger partial charge in [0.25, 0.3) is 0 Å². The van der Waals surface area contributed by atoms with Crippen LogP contribution >= 0.6 is 31.9 Å². The Bertz CT molecular complexity index is 288. The topological polar surface area (TPSA) is 0 Å². The highest BCUT2D eigenvalue weighted by Crippen LogP contribution is 2.40. The van der Waals surface area contributed by atoms with Gasteiger partial charge in [0.2, 0.25) is 0 Å². The molecule has 1 aliphatic carbocycles. The molecule has 1 atom stereocenters. The lowest BCUT2D eigenvalue weighted by Gasteiger charge is -2.33. The zero-order valence-electron chi connectivity index (χ0n) is 8.05. The van der Waals surface area contributed by atoms with Crippen molar-refractivity contribution in [3.63, 3.8) is 0 Å². The summed E-state index contributed by atoms with van der Waals surface area (Å²) >= 11 is 7.11. The monoisotopic (exact) mass is 316 g/mol. The summed E-state index contributed by atoms with van der Waals surface area (Å²) in [5, 5.41) is 1.10. The Labute approximate surface area is 102 Å². The first-order valence-corrected chi connectivity index (χ1v) is 7.04. The third-order valence-corrected chi connectivity index (χ3v) is 4.41. The summed E-state index contributed by atoms with van der Waals surface area (Å²) in [5.41, 5.74) is 1.48.